The Hall–Kier alpha value is -2.15. The van der Waals surface area contributed by atoms with Crippen molar-refractivity contribution in [2.75, 3.05) is 5.32 Å². The van der Waals surface area contributed by atoms with E-state index in [-0.39, 0.29) is 17.0 Å². The van der Waals surface area contributed by atoms with Crippen molar-refractivity contribution in [2.45, 2.75) is 13.8 Å². The molecular weight excluding hydrogens is 328 g/mol. The molecule has 1 aromatic heterocycles. The molecule has 1 heterocycles. The van der Waals surface area contributed by atoms with E-state index in [1.807, 2.05) is 0 Å². The number of carbonyl (C=O) groups excluding carboxylic acids is 1. The zero-order valence-electron chi connectivity index (χ0n) is 10.7. The fourth-order valence-corrected chi connectivity index (χ4v) is 2.08. The zero-order valence-corrected chi connectivity index (χ0v) is 12.3. The van der Waals surface area contributed by atoms with Gasteiger partial charge < -0.3 is 14.8 Å². The predicted molar refractivity (Wildman–Crippen MR) is 75.0 cm³/mol. The van der Waals surface area contributed by atoms with Crippen LogP contribution < -0.4 is 5.32 Å². The van der Waals surface area contributed by atoms with Crippen molar-refractivity contribution in [3.05, 3.63) is 45.6 Å². The van der Waals surface area contributed by atoms with Gasteiger partial charge in [-0.15, -0.1) is 0 Å². The van der Waals surface area contributed by atoms with Gasteiger partial charge in [0.1, 0.15) is 0 Å². The highest BCUT2D eigenvalue weighted by Gasteiger charge is 2.19. The second kappa shape index (κ2) is 5.46. The van der Waals surface area contributed by atoms with Crippen LogP contribution in [0, 0.1) is 13.8 Å². The van der Waals surface area contributed by atoms with E-state index in [4.69, 9.17) is 9.52 Å². The lowest BCUT2D eigenvalue weighted by Gasteiger charge is -2.07. The molecule has 20 heavy (non-hydrogen) atoms. The number of aromatic carboxylic acids is 1. The molecule has 7 heteroatoms. The molecule has 0 spiro atoms. The molecule has 0 bridgehead atoms. The molecule has 2 aromatic rings. The topological polar surface area (TPSA) is 92.4 Å². The Bertz CT molecular complexity index is 694. The molecule has 2 rings (SSSR count). The largest absolute Gasteiger partial charge is 0.478 e. The van der Waals surface area contributed by atoms with E-state index in [1.54, 1.807) is 19.9 Å². The number of amides is 1. The molecule has 1 aromatic carbocycles. The molecule has 0 aliphatic rings. The number of nitrogens with zero attached hydrogens (tertiary/aromatic N) is 1. The van der Waals surface area contributed by atoms with Crippen LogP contribution in [0.3, 0.4) is 0 Å². The van der Waals surface area contributed by atoms with Gasteiger partial charge >= 0.3 is 5.97 Å². The van der Waals surface area contributed by atoms with Gasteiger partial charge in [-0.1, -0.05) is 15.9 Å². The highest BCUT2D eigenvalue weighted by molar-refractivity contribution is 9.10. The fraction of sp³-hybridized carbons (Fsp3) is 0.154. The molecular formula is C13H11BrN2O4. The van der Waals surface area contributed by atoms with Crippen LogP contribution in [0.4, 0.5) is 5.69 Å². The number of halogens is 1. The highest BCUT2D eigenvalue weighted by atomic mass is 79.9. The maximum atomic E-state index is 12.1. The summed E-state index contributed by atoms with van der Waals surface area (Å²) in [6, 6.07) is 4.56. The lowest BCUT2D eigenvalue weighted by atomic mass is 10.1. The number of anilines is 1. The van der Waals surface area contributed by atoms with E-state index < -0.39 is 11.9 Å². The number of aryl methyl sites for hydroxylation is 2. The number of carbonyl (C=O) groups is 2. The summed E-state index contributed by atoms with van der Waals surface area (Å²) in [6.07, 6.45) is 0. The van der Waals surface area contributed by atoms with Gasteiger partial charge in [0.15, 0.2) is 5.89 Å². The third-order valence-electron chi connectivity index (χ3n) is 2.57. The minimum atomic E-state index is -1.13. The number of nitrogens with one attached hydrogen (secondary N) is 1. The van der Waals surface area contributed by atoms with E-state index in [9.17, 15) is 9.59 Å². The van der Waals surface area contributed by atoms with E-state index in [0.29, 0.717) is 16.1 Å². The molecule has 104 valence electrons. The normalized spacial score (nSPS) is 10.3. The third-order valence-corrected chi connectivity index (χ3v) is 3.06. The molecule has 0 aliphatic carbocycles. The van der Waals surface area contributed by atoms with Crippen LogP contribution in [-0.4, -0.2) is 22.0 Å². The maximum Gasteiger partial charge on any atom is 0.337 e. The van der Waals surface area contributed by atoms with Gasteiger partial charge in [0.2, 0.25) is 5.76 Å². The number of aromatic nitrogens is 1. The van der Waals surface area contributed by atoms with Gasteiger partial charge in [-0.05, 0) is 25.1 Å². The van der Waals surface area contributed by atoms with Crippen molar-refractivity contribution >= 4 is 33.5 Å². The van der Waals surface area contributed by atoms with Crippen molar-refractivity contribution in [1.29, 1.82) is 0 Å². The Balaban J connectivity index is 2.33. The molecule has 0 unspecified atom stereocenters. The number of oxazole rings is 1. The Labute approximate surface area is 122 Å². The first-order valence-electron chi connectivity index (χ1n) is 5.66. The van der Waals surface area contributed by atoms with Gasteiger partial charge in [-0.3, -0.25) is 4.79 Å². The second-order valence-corrected chi connectivity index (χ2v) is 5.01. The van der Waals surface area contributed by atoms with Gasteiger partial charge in [0, 0.05) is 11.4 Å². The first-order chi connectivity index (χ1) is 9.38. The monoisotopic (exact) mass is 338 g/mol. The van der Waals surface area contributed by atoms with Crippen LogP contribution in [0.1, 0.15) is 32.5 Å². The lowest BCUT2D eigenvalue weighted by Crippen LogP contribution is -2.15. The van der Waals surface area contributed by atoms with Crippen LogP contribution >= 0.6 is 15.9 Å². The number of carboxylic acids is 1. The summed E-state index contributed by atoms with van der Waals surface area (Å²) in [5, 5.41) is 11.6. The van der Waals surface area contributed by atoms with E-state index in [1.165, 1.54) is 12.1 Å². The number of rotatable bonds is 3. The average Bonchev–Trinajstić information content (AvgIpc) is 2.70. The second-order valence-electron chi connectivity index (χ2n) is 4.10. The van der Waals surface area contributed by atoms with E-state index in [2.05, 4.69) is 26.2 Å². The van der Waals surface area contributed by atoms with Crippen LogP contribution in [-0.2, 0) is 0 Å². The molecule has 0 atom stereocenters. The zero-order chi connectivity index (χ0) is 14.9. The van der Waals surface area contributed by atoms with Crippen molar-refractivity contribution in [3.8, 4) is 0 Å². The van der Waals surface area contributed by atoms with Crippen molar-refractivity contribution in [3.63, 3.8) is 0 Å². The summed E-state index contributed by atoms with van der Waals surface area (Å²) in [5.74, 6) is -1.22. The molecule has 6 nitrogen and oxygen atoms in total. The minimum Gasteiger partial charge on any atom is -0.478 e. The van der Waals surface area contributed by atoms with Crippen LogP contribution in [0.25, 0.3) is 0 Å². The number of benzene rings is 1. The molecule has 0 radical (unpaired) electrons. The lowest BCUT2D eigenvalue weighted by molar-refractivity contribution is 0.0698. The molecule has 0 saturated carbocycles. The number of carboxylic acid groups (broad SMARTS) is 1. The van der Waals surface area contributed by atoms with Crippen molar-refractivity contribution in [2.24, 2.45) is 0 Å². The molecule has 0 saturated heterocycles. The summed E-state index contributed by atoms with van der Waals surface area (Å²) >= 11 is 3.19. The van der Waals surface area contributed by atoms with Crippen LogP contribution in [0.5, 0.6) is 0 Å². The van der Waals surface area contributed by atoms with Crippen molar-refractivity contribution in [1.82, 2.24) is 4.98 Å². The molecule has 0 aliphatic heterocycles. The third kappa shape index (κ3) is 2.88. The summed E-state index contributed by atoms with van der Waals surface area (Å²) in [4.78, 5) is 27.2. The Morgan fingerprint density at radius 2 is 2.05 bits per heavy atom. The Kier molecular flexibility index (Phi) is 3.89. The SMILES string of the molecule is Cc1nc(C)c(C(=O)Nc2ccc(Br)cc2C(=O)O)o1. The first-order valence-corrected chi connectivity index (χ1v) is 6.46. The van der Waals surface area contributed by atoms with E-state index in [0.717, 1.165) is 0 Å². The summed E-state index contributed by atoms with van der Waals surface area (Å²) in [5.41, 5.74) is 0.634. The van der Waals surface area contributed by atoms with Crippen LogP contribution in [0.2, 0.25) is 0 Å². The number of hydrogen-bond donors (Lipinski definition) is 2. The highest BCUT2D eigenvalue weighted by Crippen LogP contribution is 2.22. The van der Waals surface area contributed by atoms with Gasteiger partial charge in [0.05, 0.1) is 16.9 Å². The van der Waals surface area contributed by atoms with Crippen molar-refractivity contribution < 1.29 is 19.1 Å². The summed E-state index contributed by atoms with van der Waals surface area (Å²) in [7, 11) is 0. The smallest absolute Gasteiger partial charge is 0.337 e. The molecule has 2 N–H and O–H groups in total. The molecule has 0 fully saturated rings. The Morgan fingerprint density at radius 3 is 2.60 bits per heavy atom. The fourth-order valence-electron chi connectivity index (χ4n) is 1.72. The standard InChI is InChI=1S/C13H11BrN2O4/c1-6-11(20-7(2)15-6)12(17)16-10-4-3-8(14)5-9(10)13(18)19/h3-5H,1-2H3,(H,16,17)(H,18,19). The van der Waals surface area contributed by atoms with Gasteiger partial charge in [-0.2, -0.15) is 0 Å². The Morgan fingerprint density at radius 1 is 1.35 bits per heavy atom. The van der Waals surface area contributed by atoms with E-state index >= 15 is 0 Å². The predicted octanol–water partition coefficient (Wildman–Crippen LogP) is 3.00. The summed E-state index contributed by atoms with van der Waals surface area (Å²) < 4.78 is 5.80. The number of hydrogen-bond acceptors (Lipinski definition) is 4. The first kappa shape index (κ1) is 14.3. The molecule has 1 amide bonds. The van der Waals surface area contributed by atoms with Gasteiger partial charge in [0.25, 0.3) is 5.91 Å². The maximum absolute atomic E-state index is 12.1. The quantitative estimate of drug-likeness (QED) is 0.897. The van der Waals surface area contributed by atoms with Crippen LogP contribution in [0.15, 0.2) is 27.1 Å². The minimum absolute atomic E-state index is 0.0124. The summed E-state index contributed by atoms with van der Waals surface area (Å²) in [6.45, 7) is 3.27. The average molecular weight is 339 g/mol. The van der Waals surface area contributed by atoms with Gasteiger partial charge in [-0.25, -0.2) is 9.78 Å².